The molecule has 3 aromatic rings. The molecule has 0 aliphatic carbocycles. The zero-order valence-corrected chi connectivity index (χ0v) is 10.1. The largest absolute Gasteiger partial charge is 0.236 e. The molecule has 0 spiro atoms. The molecular formula is C13H8N4S. The van der Waals surface area contributed by atoms with Gasteiger partial charge >= 0.3 is 0 Å². The van der Waals surface area contributed by atoms with Crippen LogP contribution in [0.2, 0.25) is 0 Å². The monoisotopic (exact) mass is 252 g/mol. The minimum absolute atomic E-state index is 0.487. The first-order valence-corrected chi connectivity index (χ1v) is 6.21. The number of rotatable bonds is 2. The standard InChI is InChI=1S/C13H8N4S/c14-8-10-9-16-17-11(5-6-15-13(10)17)3-4-12-2-1-7-18-12/h1-7,9H/b4-3-. The first-order chi connectivity index (χ1) is 8.88. The van der Waals surface area contributed by atoms with Crippen molar-refractivity contribution in [3.05, 3.63) is 52.1 Å². The molecule has 0 atom stereocenters. The van der Waals surface area contributed by atoms with Crippen molar-refractivity contribution in [2.75, 3.05) is 0 Å². The van der Waals surface area contributed by atoms with E-state index in [-0.39, 0.29) is 0 Å². The van der Waals surface area contributed by atoms with E-state index in [4.69, 9.17) is 5.26 Å². The van der Waals surface area contributed by atoms with Gasteiger partial charge in [-0.15, -0.1) is 11.3 Å². The van der Waals surface area contributed by atoms with Crippen molar-refractivity contribution in [3.8, 4) is 6.07 Å². The van der Waals surface area contributed by atoms with Gasteiger partial charge in [-0.2, -0.15) is 10.4 Å². The van der Waals surface area contributed by atoms with E-state index in [0.717, 1.165) is 5.69 Å². The van der Waals surface area contributed by atoms with Crippen molar-refractivity contribution >= 4 is 29.1 Å². The fourth-order valence-corrected chi connectivity index (χ4v) is 2.29. The summed E-state index contributed by atoms with van der Waals surface area (Å²) in [5.41, 5.74) is 1.97. The molecule has 0 aliphatic heterocycles. The SMILES string of the molecule is N#Cc1cnn2c(/C=C\c3cccs3)ccnc12. The smallest absolute Gasteiger partial charge is 0.173 e. The summed E-state index contributed by atoms with van der Waals surface area (Å²) in [4.78, 5) is 5.34. The number of nitrogens with zero attached hydrogens (tertiary/aromatic N) is 4. The predicted molar refractivity (Wildman–Crippen MR) is 70.9 cm³/mol. The van der Waals surface area contributed by atoms with Gasteiger partial charge in [0.1, 0.15) is 11.6 Å². The van der Waals surface area contributed by atoms with E-state index in [1.807, 2.05) is 35.7 Å². The summed E-state index contributed by atoms with van der Waals surface area (Å²) in [6, 6.07) is 8.00. The van der Waals surface area contributed by atoms with Crippen LogP contribution in [0.1, 0.15) is 16.1 Å². The van der Waals surface area contributed by atoms with E-state index in [0.29, 0.717) is 11.2 Å². The lowest BCUT2D eigenvalue weighted by Crippen LogP contribution is -1.94. The van der Waals surface area contributed by atoms with Crippen LogP contribution >= 0.6 is 11.3 Å². The van der Waals surface area contributed by atoms with Crippen molar-refractivity contribution < 1.29 is 0 Å². The van der Waals surface area contributed by atoms with Crippen LogP contribution in [0, 0.1) is 11.3 Å². The second kappa shape index (κ2) is 4.43. The fraction of sp³-hybridized carbons (Fsp3) is 0. The van der Waals surface area contributed by atoms with Crippen molar-refractivity contribution in [2.45, 2.75) is 0 Å². The van der Waals surface area contributed by atoms with E-state index in [9.17, 15) is 0 Å². The molecule has 0 radical (unpaired) electrons. The highest BCUT2D eigenvalue weighted by atomic mass is 32.1. The zero-order valence-electron chi connectivity index (χ0n) is 9.32. The lowest BCUT2D eigenvalue weighted by atomic mass is 10.3. The van der Waals surface area contributed by atoms with Gasteiger partial charge in [0, 0.05) is 11.1 Å². The van der Waals surface area contributed by atoms with E-state index in [1.54, 1.807) is 22.0 Å². The molecule has 86 valence electrons. The highest BCUT2D eigenvalue weighted by Crippen LogP contribution is 2.14. The third kappa shape index (κ3) is 1.79. The normalized spacial score (nSPS) is 11.1. The minimum Gasteiger partial charge on any atom is -0.236 e. The summed E-state index contributed by atoms with van der Waals surface area (Å²) in [6.07, 6.45) is 7.21. The van der Waals surface area contributed by atoms with Crippen LogP contribution < -0.4 is 0 Å². The van der Waals surface area contributed by atoms with Gasteiger partial charge in [0.15, 0.2) is 5.65 Å². The molecule has 0 fully saturated rings. The summed E-state index contributed by atoms with van der Waals surface area (Å²) < 4.78 is 1.67. The second-order valence-electron chi connectivity index (χ2n) is 3.62. The predicted octanol–water partition coefficient (Wildman–Crippen LogP) is 2.83. The molecule has 0 N–H and O–H groups in total. The number of hydrogen-bond acceptors (Lipinski definition) is 4. The Morgan fingerprint density at radius 3 is 3.06 bits per heavy atom. The van der Waals surface area contributed by atoms with Gasteiger partial charge in [0.25, 0.3) is 0 Å². The van der Waals surface area contributed by atoms with E-state index < -0.39 is 0 Å². The summed E-state index contributed by atoms with van der Waals surface area (Å²) in [6.45, 7) is 0. The zero-order chi connectivity index (χ0) is 12.4. The maximum atomic E-state index is 8.94. The van der Waals surface area contributed by atoms with Crippen LogP contribution in [-0.4, -0.2) is 14.6 Å². The van der Waals surface area contributed by atoms with Gasteiger partial charge in [-0.05, 0) is 29.7 Å². The van der Waals surface area contributed by atoms with E-state index >= 15 is 0 Å². The van der Waals surface area contributed by atoms with Crippen molar-refractivity contribution in [2.24, 2.45) is 0 Å². The van der Waals surface area contributed by atoms with Crippen LogP contribution in [0.4, 0.5) is 0 Å². The lowest BCUT2D eigenvalue weighted by Gasteiger charge is -1.97. The molecular weight excluding hydrogens is 244 g/mol. The molecule has 3 rings (SSSR count). The third-order valence-electron chi connectivity index (χ3n) is 2.51. The Labute approximate surface area is 107 Å². The number of nitriles is 1. The first-order valence-electron chi connectivity index (χ1n) is 5.33. The highest BCUT2D eigenvalue weighted by molar-refractivity contribution is 7.10. The number of thiophene rings is 1. The molecule has 5 heteroatoms. The Bertz CT molecular complexity index is 747. The van der Waals surface area contributed by atoms with Gasteiger partial charge in [-0.1, -0.05) is 6.07 Å². The first kappa shape index (κ1) is 10.7. The van der Waals surface area contributed by atoms with E-state index in [2.05, 4.69) is 16.2 Å². The Morgan fingerprint density at radius 2 is 2.28 bits per heavy atom. The average Bonchev–Trinajstić information content (AvgIpc) is 3.05. The lowest BCUT2D eigenvalue weighted by molar-refractivity contribution is 0.927. The third-order valence-corrected chi connectivity index (χ3v) is 3.35. The van der Waals surface area contributed by atoms with Crippen molar-refractivity contribution in [1.82, 2.24) is 14.6 Å². The number of hydrogen-bond donors (Lipinski definition) is 0. The van der Waals surface area contributed by atoms with Crippen molar-refractivity contribution in [1.29, 1.82) is 5.26 Å². The van der Waals surface area contributed by atoms with Gasteiger partial charge in [-0.3, -0.25) is 0 Å². The molecule has 4 nitrogen and oxygen atoms in total. The second-order valence-corrected chi connectivity index (χ2v) is 4.60. The Morgan fingerprint density at radius 1 is 1.33 bits per heavy atom. The average molecular weight is 252 g/mol. The molecule has 0 amide bonds. The van der Waals surface area contributed by atoms with Gasteiger partial charge < -0.3 is 0 Å². The molecule has 0 unspecified atom stereocenters. The maximum Gasteiger partial charge on any atom is 0.173 e. The van der Waals surface area contributed by atoms with Gasteiger partial charge in [0.2, 0.25) is 0 Å². The highest BCUT2D eigenvalue weighted by Gasteiger charge is 2.05. The minimum atomic E-state index is 0.487. The molecule has 0 aromatic carbocycles. The van der Waals surface area contributed by atoms with E-state index in [1.165, 1.54) is 11.1 Å². The molecule has 0 aliphatic rings. The summed E-state index contributed by atoms with van der Waals surface area (Å²) in [7, 11) is 0. The summed E-state index contributed by atoms with van der Waals surface area (Å²) >= 11 is 1.67. The molecule has 3 aromatic heterocycles. The molecule has 3 heterocycles. The quantitative estimate of drug-likeness (QED) is 0.704. The molecule has 18 heavy (non-hydrogen) atoms. The molecule has 0 bridgehead atoms. The molecule has 0 saturated heterocycles. The van der Waals surface area contributed by atoms with Crippen LogP contribution in [0.3, 0.4) is 0 Å². The van der Waals surface area contributed by atoms with Gasteiger partial charge in [-0.25, -0.2) is 9.50 Å². The Kier molecular flexibility index (Phi) is 2.63. The summed E-state index contributed by atoms with van der Waals surface area (Å²) in [5.74, 6) is 0. The maximum absolute atomic E-state index is 8.94. The topological polar surface area (TPSA) is 54.0 Å². The van der Waals surface area contributed by atoms with Gasteiger partial charge in [0.05, 0.1) is 11.9 Å². The fourth-order valence-electron chi connectivity index (χ4n) is 1.67. The summed E-state index contributed by atoms with van der Waals surface area (Å²) in [5, 5.41) is 15.1. The Balaban J connectivity index is 2.08. The number of fused-ring (bicyclic) bond motifs is 1. The number of aromatic nitrogens is 3. The van der Waals surface area contributed by atoms with Crippen LogP contribution in [0.5, 0.6) is 0 Å². The van der Waals surface area contributed by atoms with Crippen LogP contribution in [0.15, 0.2) is 36.0 Å². The van der Waals surface area contributed by atoms with Crippen LogP contribution in [-0.2, 0) is 0 Å². The van der Waals surface area contributed by atoms with Crippen LogP contribution in [0.25, 0.3) is 17.8 Å². The Hall–Kier alpha value is -2.45. The van der Waals surface area contributed by atoms with Crippen molar-refractivity contribution in [3.63, 3.8) is 0 Å². The molecule has 0 saturated carbocycles.